The zero-order valence-corrected chi connectivity index (χ0v) is 33.5. The molecular formula is C47H47N5O9. The number of anilines is 1. The minimum absolute atomic E-state index is 0.0470. The zero-order valence-electron chi connectivity index (χ0n) is 33.5. The Balaban J connectivity index is 0.929. The Morgan fingerprint density at radius 1 is 0.787 bits per heavy atom. The Kier molecular flexibility index (Phi) is 12.8. The van der Waals surface area contributed by atoms with Crippen molar-refractivity contribution in [1.29, 1.82) is 0 Å². The van der Waals surface area contributed by atoms with E-state index in [1.807, 2.05) is 103 Å². The Bertz CT molecular complexity index is 2340. The van der Waals surface area contributed by atoms with E-state index in [4.69, 9.17) is 14.2 Å². The normalized spacial score (nSPS) is 20.7. The number of carbonyl (C=O) groups excluding carboxylic acids is 3. The number of alkyl carbamates (subject to hydrolysis) is 1. The third-order valence-electron chi connectivity index (χ3n) is 11.4. The number of amides is 3. The van der Waals surface area contributed by atoms with Gasteiger partial charge in [0.05, 0.1) is 36.7 Å². The molecule has 8 rings (SSSR count). The number of rotatable bonds is 13. The van der Waals surface area contributed by atoms with Gasteiger partial charge in [0.25, 0.3) is 11.6 Å². The maximum absolute atomic E-state index is 13.3. The van der Waals surface area contributed by atoms with Gasteiger partial charge in [0.15, 0.2) is 6.29 Å². The van der Waals surface area contributed by atoms with E-state index in [1.165, 1.54) is 4.90 Å². The fourth-order valence-corrected chi connectivity index (χ4v) is 8.06. The van der Waals surface area contributed by atoms with Crippen molar-refractivity contribution in [1.82, 2.24) is 15.1 Å². The first-order chi connectivity index (χ1) is 29.7. The number of hydrogen-bond donors (Lipinski definition) is 2. The monoisotopic (exact) mass is 825 g/mol. The van der Waals surface area contributed by atoms with Crippen molar-refractivity contribution in [3.63, 3.8) is 0 Å². The number of carbonyl (C=O) groups is 3. The lowest BCUT2D eigenvalue weighted by Gasteiger charge is -2.41. The molecule has 3 heterocycles. The average molecular weight is 826 g/mol. The summed E-state index contributed by atoms with van der Waals surface area (Å²) in [6.45, 7) is 3.91. The molecule has 3 saturated heterocycles. The molecule has 5 aromatic rings. The lowest BCUT2D eigenvalue weighted by molar-refractivity contribution is -0.384. The molecule has 0 radical (unpaired) electrons. The van der Waals surface area contributed by atoms with E-state index in [0.29, 0.717) is 13.0 Å². The van der Waals surface area contributed by atoms with Gasteiger partial charge in [-0.1, -0.05) is 91.0 Å². The van der Waals surface area contributed by atoms with Crippen molar-refractivity contribution in [2.24, 2.45) is 0 Å². The number of nitrogens with zero attached hydrogens (tertiary/aromatic N) is 4. The maximum atomic E-state index is 13.3. The molecule has 0 spiro atoms. The number of aliphatic hydroxyl groups excluding tert-OH is 1. The number of nitrogens with one attached hydrogen (secondary N) is 1. The van der Waals surface area contributed by atoms with E-state index in [-0.39, 0.29) is 54.9 Å². The van der Waals surface area contributed by atoms with Crippen molar-refractivity contribution in [2.75, 3.05) is 37.6 Å². The molecular weight excluding hydrogens is 779 g/mol. The Morgan fingerprint density at radius 2 is 1.49 bits per heavy atom. The molecule has 14 heteroatoms. The van der Waals surface area contributed by atoms with Gasteiger partial charge < -0.3 is 29.5 Å². The van der Waals surface area contributed by atoms with Gasteiger partial charge in [-0.15, -0.1) is 0 Å². The van der Waals surface area contributed by atoms with Crippen LogP contribution >= 0.6 is 0 Å². The van der Waals surface area contributed by atoms with Crippen LogP contribution in [0.3, 0.4) is 0 Å². The highest BCUT2D eigenvalue weighted by Gasteiger charge is 2.40. The van der Waals surface area contributed by atoms with Crippen LogP contribution in [0.25, 0.3) is 11.1 Å². The van der Waals surface area contributed by atoms with Gasteiger partial charge in [-0.2, -0.15) is 0 Å². The third-order valence-corrected chi connectivity index (χ3v) is 11.4. The standard InChI is InChI=1S/C47H47N5O9/c53-30-32-12-14-35(15-13-32)43-26-41(29-49-20-22-50(23-21-49)39-16-18-40(19-17-39)52(57)58)60-46(61-43)38-11-5-10-37(25-38)36-9-4-8-34(24-36)28-51-44(54)27-42(45(51)55)48-47(56)59-31-33-6-2-1-3-7-33/h1-19,24-25,41-43,46,53H,20-23,26-31H2,(H,48,56)/t41-,42?,43+,46+/m1/s1. The van der Waals surface area contributed by atoms with E-state index in [0.717, 1.165) is 70.8 Å². The SMILES string of the molecule is O=C(NC1CC(=O)N(Cc2cccc(-c3cccc([C@H]4O[C@@H](CN5CCN(c6ccc([N+](=O)[O-])cc6)CC5)C[C@@H](c5ccc(CO)cc5)O4)c3)c2)C1=O)OCc1ccccc1. The van der Waals surface area contributed by atoms with Crippen LogP contribution in [0.4, 0.5) is 16.2 Å². The summed E-state index contributed by atoms with van der Waals surface area (Å²) in [5, 5.41) is 23.3. The molecule has 61 heavy (non-hydrogen) atoms. The van der Waals surface area contributed by atoms with E-state index in [1.54, 1.807) is 24.3 Å². The molecule has 0 aromatic heterocycles. The lowest BCUT2D eigenvalue weighted by Crippen LogP contribution is -2.49. The van der Waals surface area contributed by atoms with Crippen LogP contribution in [0.1, 0.15) is 53.1 Å². The second-order valence-electron chi connectivity index (χ2n) is 15.5. The number of aliphatic hydroxyl groups is 1. The minimum atomic E-state index is -1.00. The summed E-state index contributed by atoms with van der Waals surface area (Å²) in [6.07, 6.45) is -1.36. The second kappa shape index (κ2) is 18.9. The molecule has 1 unspecified atom stereocenters. The number of hydrogen-bond acceptors (Lipinski definition) is 11. The summed E-state index contributed by atoms with van der Waals surface area (Å²) in [5.41, 5.74) is 7.03. The van der Waals surface area contributed by atoms with Crippen LogP contribution in [-0.2, 0) is 43.6 Å². The summed E-state index contributed by atoms with van der Waals surface area (Å²) in [5.74, 6) is -0.860. The smallest absolute Gasteiger partial charge is 0.408 e. The molecule has 3 fully saturated rings. The molecule has 14 nitrogen and oxygen atoms in total. The molecule has 3 aliphatic rings. The van der Waals surface area contributed by atoms with Crippen LogP contribution < -0.4 is 10.2 Å². The van der Waals surface area contributed by atoms with Crippen molar-refractivity contribution in [3.05, 3.63) is 165 Å². The number of benzene rings is 5. The highest BCUT2D eigenvalue weighted by molar-refractivity contribution is 6.06. The van der Waals surface area contributed by atoms with Crippen molar-refractivity contribution in [3.8, 4) is 11.1 Å². The van der Waals surface area contributed by atoms with Crippen LogP contribution in [0.15, 0.2) is 127 Å². The van der Waals surface area contributed by atoms with Crippen molar-refractivity contribution < 1.29 is 38.6 Å². The van der Waals surface area contributed by atoms with E-state index < -0.39 is 24.3 Å². The van der Waals surface area contributed by atoms with Crippen molar-refractivity contribution >= 4 is 29.3 Å². The minimum Gasteiger partial charge on any atom is -0.445 e. The van der Waals surface area contributed by atoms with Crippen LogP contribution in [0, 0.1) is 10.1 Å². The third kappa shape index (κ3) is 10.1. The Hall–Kier alpha value is -6.45. The molecule has 2 N–H and O–H groups in total. The van der Waals surface area contributed by atoms with E-state index >= 15 is 0 Å². The molecule has 3 aliphatic heterocycles. The van der Waals surface area contributed by atoms with Gasteiger partial charge >= 0.3 is 6.09 Å². The van der Waals surface area contributed by atoms with Crippen LogP contribution in [0.5, 0.6) is 0 Å². The summed E-state index contributed by atoms with van der Waals surface area (Å²) < 4.78 is 18.7. The number of likely N-dealkylation sites (tertiary alicyclic amines) is 1. The highest BCUT2D eigenvalue weighted by Crippen LogP contribution is 2.39. The van der Waals surface area contributed by atoms with Crippen LogP contribution in [-0.4, -0.2) is 82.6 Å². The number of piperazine rings is 1. The molecule has 314 valence electrons. The van der Waals surface area contributed by atoms with Crippen LogP contribution in [0.2, 0.25) is 0 Å². The topological polar surface area (TPSA) is 164 Å². The first-order valence-corrected chi connectivity index (χ1v) is 20.4. The first-order valence-electron chi connectivity index (χ1n) is 20.4. The number of non-ortho nitro benzene ring substituents is 1. The highest BCUT2D eigenvalue weighted by atomic mass is 16.7. The number of nitro groups is 1. The first kappa shape index (κ1) is 41.3. The van der Waals surface area contributed by atoms with Gasteiger partial charge in [0.2, 0.25) is 5.91 Å². The largest absolute Gasteiger partial charge is 0.445 e. The van der Waals surface area contributed by atoms with Gasteiger partial charge in [-0.3, -0.25) is 29.5 Å². The lowest BCUT2D eigenvalue weighted by atomic mass is 9.98. The van der Waals surface area contributed by atoms with Gasteiger partial charge in [-0.25, -0.2) is 4.79 Å². The quantitative estimate of drug-likeness (QED) is 0.0740. The fraction of sp³-hybridized carbons (Fsp3) is 0.298. The number of imide groups is 1. The fourth-order valence-electron chi connectivity index (χ4n) is 8.06. The summed E-state index contributed by atoms with van der Waals surface area (Å²) in [6, 6.07) is 38.3. The summed E-state index contributed by atoms with van der Waals surface area (Å²) >= 11 is 0. The summed E-state index contributed by atoms with van der Waals surface area (Å²) in [7, 11) is 0. The van der Waals surface area contributed by atoms with Gasteiger partial charge in [0, 0.05) is 62.5 Å². The Morgan fingerprint density at radius 3 is 2.21 bits per heavy atom. The van der Waals surface area contributed by atoms with E-state index in [2.05, 4.69) is 15.1 Å². The number of ether oxygens (including phenoxy) is 3. The molecule has 3 amide bonds. The number of nitro benzene ring substituents is 1. The maximum Gasteiger partial charge on any atom is 0.408 e. The molecule has 4 atom stereocenters. The van der Waals surface area contributed by atoms with Gasteiger partial charge in [-0.05, 0) is 57.6 Å². The average Bonchev–Trinajstić information content (AvgIpc) is 3.55. The predicted octanol–water partition coefficient (Wildman–Crippen LogP) is 6.68. The molecule has 5 aromatic carbocycles. The Labute approximate surface area is 353 Å². The second-order valence-corrected chi connectivity index (χ2v) is 15.5. The molecule has 0 aliphatic carbocycles. The summed E-state index contributed by atoms with van der Waals surface area (Å²) in [4.78, 5) is 55.3. The molecule has 0 bridgehead atoms. The molecule has 0 saturated carbocycles. The predicted molar refractivity (Wildman–Crippen MR) is 226 cm³/mol. The van der Waals surface area contributed by atoms with E-state index in [9.17, 15) is 29.6 Å². The van der Waals surface area contributed by atoms with Crippen molar-refractivity contribution in [2.45, 2.75) is 57.1 Å². The zero-order chi connectivity index (χ0) is 42.3. The van der Waals surface area contributed by atoms with Gasteiger partial charge in [0.1, 0.15) is 12.6 Å².